The van der Waals surface area contributed by atoms with Gasteiger partial charge in [-0.15, -0.1) is 0 Å². The van der Waals surface area contributed by atoms with Crippen LogP contribution in [0.4, 0.5) is 0 Å². The predicted octanol–water partition coefficient (Wildman–Crippen LogP) is 1.99. The maximum Gasteiger partial charge on any atom is 0.263 e. The van der Waals surface area contributed by atoms with Gasteiger partial charge in [0, 0.05) is 25.5 Å². The number of nitrogens with zero attached hydrogens (tertiary/aromatic N) is 3. The highest BCUT2D eigenvalue weighted by atomic mass is 16.2. The first-order valence-corrected chi connectivity index (χ1v) is 8.40. The fourth-order valence-electron chi connectivity index (χ4n) is 3.41. The fourth-order valence-corrected chi connectivity index (χ4v) is 3.41. The van der Waals surface area contributed by atoms with Gasteiger partial charge >= 0.3 is 0 Å². The zero-order valence-electron chi connectivity index (χ0n) is 14.7. The molecule has 0 unspecified atom stereocenters. The van der Waals surface area contributed by atoms with Crippen LogP contribution < -0.4 is 5.56 Å². The van der Waals surface area contributed by atoms with Crippen molar-refractivity contribution in [3.8, 4) is 0 Å². The molecule has 2 heterocycles. The van der Waals surface area contributed by atoms with Crippen molar-refractivity contribution in [2.45, 2.75) is 45.6 Å². The van der Waals surface area contributed by atoms with Crippen LogP contribution in [-0.2, 0) is 26.4 Å². The molecule has 0 aliphatic heterocycles. The standard InChI is InChI=1S/C18H24N4O2/c1-11(2)16-9-8-13(18(24)22(16)4)17(23)21(3)10-15-12-6-5-7-14(12)19-20-15/h8-9,11H,5-7,10H2,1-4H3,(H,19,20). The van der Waals surface area contributed by atoms with Crippen LogP contribution in [0.3, 0.4) is 0 Å². The molecule has 2 aromatic heterocycles. The van der Waals surface area contributed by atoms with E-state index in [9.17, 15) is 9.59 Å². The van der Waals surface area contributed by atoms with Crippen LogP contribution in [0, 0.1) is 0 Å². The summed E-state index contributed by atoms with van der Waals surface area (Å²) in [5.74, 6) is -0.0307. The molecule has 128 valence electrons. The van der Waals surface area contributed by atoms with Crippen LogP contribution in [-0.4, -0.2) is 32.6 Å². The van der Waals surface area contributed by atoms with Crippen LogP contribution in [0.2, 0.25) is 0 Å². The van der Waals surface area contributed by atoms with Gasteiger partial charge in [-0.1, -0.05) is 13.8 Å². The number of aromatic amines is 1. The summed E-state index contributed by atoms with van der Waals surface area (Å²) in [6.07, 6.45) is 3.16. The molecule has 0 radical (unpaired) electrons. The zero-order chi connectivity index (χ0) is 17.4. The number of hydrogen-bond donors (Lipinski definition) is 1. The molecule has 0 spiro atoms. The molecule has 0 bridgehead atoms. The Hall–Kier alpha value is -2.37. The molecule has 0 fully saturated rings. The Balaban J connectivity index is 1.83. The molecular formula is C18H24N4O2. The molecule has 3 rings (SSSR count). The summed E-state index contributed by atoms with van der Waals surface area (Å²) in [5.41, 5.74) is 4.21. The van der Waals surface area contributed by atoms with Crippen LogP contribution in [0.5, 0.6) is 0 Å². The van der Waals surface area contributed by atoms with Gasteiger partial charge in [-0.25, -0.2) is 0 Å². The molecule has 1 aliphatic carbocycles. The number of amides is 1. The van der Waals surface area contributed by atoms with E-state index in [1.54, 1.807) is 29.6 Å². The second kappa shape index (κ2) is 6.26. The molecule has 1 N–H and O–H groups in total. The van der Waals surface area contributed by atoms with E-state index in [2.05, 4.69) is 10.2 Å². The van der Waals surface area contributed by atoms with E-state index in [0.29, 0.717) is 6.54 Å². The van der Waals surface area contributed by atoms with E-state index < -0.39 is 0 Å². The molecule has 6 nitrogen and oxygen atoms in total. The molecular weight excluding hydrogens is 304 g/mol. The summed E-state index contributed by atoms with van der Waals surface area (Å²) >= 11 is 0. The van der Waals surface area contributed by atoms with Gasteiger partial charge in [0.25, 0.3) is 11.5 Å². The minimum absolute atomic E-state index is 0.205. The number of pyridine rings is 1. The lowest BCUT2D eigenvalue weighted by Gasteiger charge is -2.18. The number of rotatable bonds is 4. The number of hydrogen-bond acceptors (Lipinski definition) is 3. The first-order valence-electron chi connectivity index (χ1n) is 8.40. The minimum atomic E-state index is -0.263. The lowest BCUT2D eigenvalue weighted by Crippen LogP contribution is -2.34. The van der Waals surface area contributed by atoms with Crippen LogP contribution in [0.25, 0.3) is 0 Å². The first-order chi connectivity index (χ1) is 11.4. The molecule has 6 heteroatoms. The largest absolute Gasteiger partial charge is 0.336 e. The van der Waals surface area contributed by atoms with Crippen molar-refractivity contribution in [3.63, 3.8) is 0 Å². The Kier molecular flexibility index (Phi) is 4.30. The van der Waals surface area contributed by atoms with Gasteiger partial charge in [-0.2, -0.15) is 5.10 Å². The first kappa shape index (κ1) is 16.5. The Morgan fingerprint density at radius 3 is 2.83 bits per heavy atom. The smallest absolute Gasteiger partial charge is 0.263 e. The summed E-state index contributed by atoms with van der Waals surface area (Å²) in [4.78, 5) is 26.8. The van der Waals surface area contributed by atoms with Gasteiger partial charge in [-0.05, 0) is 42.9 Å². The summed E-state index contributed by atoms with van der Waals surface area (Å²) in [7, 11) is 3.43. The summed E-state index contributed by atoms with van der Waals surface area (Å²) < 4.78 is 1.57. The molecule has 2 aromatic rings. The monoisotopic (exact) mass is 328 g/mol. The predicted molar refractivity (Wildman–Crippen MR) is 92.2 cm³/mol. The van der Waals surface area contributed by atoms with Crippen LogP contribution in [0.1, 0.15) is 59.2 Å². The zero-order valence-corrected chi connectivity index (χ0v) is 14.7. The highest BCUT2D eigenvalue weighted by Gasteiger charge is 2.23. The van der Waals surface area contributed by atoms with Crippen molar-refractivity contribution in [2.75, 3.05) is 7.05 Å². The van der Waals surface area contributed by atoms with Crippen molar-refractivity contribution in [3.05, 3.63) is 50.7 Å². The Bertz CT molecular complexity index is 832. The minimum Gasteiger partial charge on any atom is -0.336 e. The van der Waals surface area contributed by atoms with Gasteiger partial charge in [0.15, 0.2) is 0 Å². The normalized spacial score (nSPS) is 13.4. The summed E-state index contributed by atoms with van der Waals surface area (Å²) in [5, 5.41) is 7.39. The van der Waals surface area contributed by atoms with E-state index in [4.69, 9.17) is 0 Å². The third-order valence-electron chi connectivity index (χ3n) is 4.79. The average molecular weight is 328 g/mol. The second-order valence-electron chi connectivity index (χ2n) is 6.83. The van der Waals surface area contributed by atoms with Gasteiger partial charge in [0.1, 0.15) is 5.56 Å². The Morgan fingerprint density at radius 2 is 2.12 bits per heavy atom. The van der Waals surface area contributed by atoms with Crippen molar-refractivity contribution in [2.24, 2.45) is 7.05 Å². The van der Waals surface area contributed by atoms with Gasteiger partial charge in [0.05, 0.1) is 12.2 Å². The van der Waals surface area contributed by atoms with Crippen molar-refractivity contribution >= 4 is 5.91 Å². The van der Waals surface area contributed by atoms with Gasteiger partial charge in [-0.3, -0.25) is 14.7 Å². The number of aromatic nitrogens is 3. The van der Waals surface area contributed by atoms with Gasteiger partial charge in [0.2, 0.25) is 0 Å². The topological polar surface area (TPSA) is 71.0 Å². The lowest BCUT2D eigenvalue weighted by atomic mass is 10.1. The van der Waals surface area contributed by atoms with E-state index in [1.807, 2.05) is 19.9 Å². The van der Waals surface area contributed by atoms with E-state index >= 15 is 0 Å². The molecule has 0 aromatic carbocycles. The lowest BCUT2D eigenvalue weighted by molar-refractivity contribution is 0.0780. The SMILES string of the molecule is CC(C)c1ccc(C(=O)N(C)Cc2n[nH]c3c2CCC3)c(=O)n1C. The summed E-state index contributed by atoms with van der Waals surface area (Å²) in [6, 6.07) is 3.50. The molecule has 1 amide bonds. The molecule has 0 atom stereocenters. The highest BCUT2D eigenvalue weighted by molar-refractivity contribution is 5.93. The van der Waals surface area contributed by atoms with E-state index in [1.165, 1.54) is 11.3 Å². The highest BCUT2D eigenvalue weighted by Crippen LogP contribution is 2.23. The molecule has 0 saturated heterocycles. The van der Waals surface area contributed by atoms with Crippen LogP contribution >= 0.6 is 0 Å². The summed E-state index contributed by atoms with van der Waals surface area (Å²) in [6.45, 7) is 4.47. The Labute approximate surface area is 141 Å². The van der Waals surface area contributed by atoms with E-state index in [0.717, 1.165) is 30.7 Å². The number of aryl methyl sites for hydroxylation is 1. The number of fused-ring (bicyclic) bond motifs is 1. The molecule has 0 saturated carbocycles. The molecule has 1 aliphatic rings. The average Bonchev–Trinajstić information content (AvgIpc) is 3.14. The molecule has 24 heavy (non-hydrogen) atoms. The van der Waals surface area contributed by atoms with Crippen molar-refractivity contribution in [1.29, 1.82) is 0 Å². The van der Waals surface area contributed by atoms with Gasteiger partial charge < -0.3 is 9.47 Å². The maximum atomic E-state index is 12.7. The fraction of sp³-hybridized carbons (Fsp3) is 0.500. The number of carbonyl (C=O) groups is 1. The van der Waals surface area contributed by atoms with Crippen molar-refractivity contribution in [1.82, 2.24) is 19.7 Å². The third kappa shape index (κ3) is 2.77. The second-order valence-corrected chi connectivity index (χ2v) is 6.83. The number of carbonyl (C=O) groups excluding carboxylic acids is 1. The van der Waals surface area contributed by atoms with Crippen LogP contribution in [0.15, 0.2) is 16.9 Å². The quantitative estimate of drug-likeness (QED) is 0.933. The third-order valence-corrected chi connectivity index (χ3v) is 4.79. The number of nitrogens with one attached hydrogen (secondary N) is 1. The van der Waals surface area contributed by atoms with E-state index in [-0.39, 0.29) is 22.9 Å². The van der Waals surface area contributed by atoms with Crippen molar-refractivity contribution < 1.29 is 4.79 Å². The number of H-pyrrole nitrogens is 1. The maximum absolute atomic E-state index is 12.7. The Morgan fingerprint density at radius 1 is 1.38 bits per heavy atom.